The Morgan fingerprint density at radius 2 is 1.59 bits per heavy atom. The molecule has 0 spiro atoms. The minimum Gasteiger partial charge on any atom is -0.492 e. The zero-order valence-electron chi connectivity index (χ0n) is 25.0. The molecule has 0 atom stereocenters. The van der Waals surface area contributed by atoms with Crippen LogP contribution in [0.25, 0.3) is 11.1 Å². The van der Waals surface area contributed by atoms with E-state index in [9.17, 15) is 15.5 Å². The van der Waals surface area contributed by atoms with Crippen molar-refractivity contribution in [3.05, 3.63) is 104 Å². The zero-order valence-corrected chi connectivity index (χ0v) is 29.5. The predicted octanol–water partition coefficient (Wildman–Crippen LogP) is 7.78. The molecule has 0 amide bonds. The first-order valence-corrected chi connectivity index (χ1v) is 17.0. The van der Waals surface area contributed by atoms with Gasteiger partial charge in [0.25, 0.3) is 0 Å². The molecule has 12 heteroatoms. The Morgan fingerprint density at radius 1 is 0.870 bits per heavy atom. The maximum Gasteiger partial charge on any atom is 0.142 e. The summed E-state index contributed by atoms with van der Waals surface area (Å²) in [6.45, 7) is 2.19. The third-order valence-electron chi connectivity index (χ3n) is 7.09. The molecule has 4 aromatic rings. The third kappa shape index (κ3) is 9.38. The van der Waals surface area contributed by atoms with Gasteiger partial charge in [-0.05, 0) is 31.5 Å². The van der Waals surface area contributed by atoms with Crippen molar-refractivity contribution in [1.82, 2.24) is 10.3 Å². The SMILES string of the molecule is CC(CO)(CO)NCc1cc(Cl)c(OCc2cccc(-c3cccc(OCCCI)c3Cl)c2Cl)cc1OCc1cncc(C#N)c1. The van der Waals surface area contributed by atoms with E-state index in [0.29, 0.717) is 55.6 Å². The normalized spacial score (nSPS) is 11.3. The van der Waals surface area contributed by atoms with Crippen LogP contribution in [0.2, 0.25) is 15.1 Å². The van der Waals surface area contributed by atoms with Gasteiger partial charge in [0, 0.05) is 57.2 Å². The van der Waals surface area contributed by atoms with Crippen LogP contribution in [0.1, 0.15) is 35.6 Å². The van der Waals surface area contributed by atoms with Crippen molar-refractivity contribution < 1.29 is 24.4 Å². The molecule has 0 saturated carbocycles. The van der Waals surface area contributed by atoms with Gasteiger partial charge in [-0.1, -0.05) is 87.7 Å². The second-order valence-corrected chi connectivity index (χ2v) is 12.9. The number of hydrogen-bond acceptors (Lipinski definition) is 8. The fourth-order valence-electron chi connectivity index (χ4n) is 4.34. The Kier molecular flexibility index (Phi) is 13.6. The standard InChI is InChI=1S/C34H33Cl3IN3O5/c1-34(20-42,21-43)41-17-25-12-28(35)31(13-30(25)45-18-23-11-22(14-39)15-40-16-23)46-19-24-5-2-6-26(32(24)36)27-7-3-8-29(33(27)37)44-10-4-9-38/h2-3,5-8,11-13,15-16,41-43H,4,9-10,17-21H2,1H3. The number of alkyl halides is 1. The van der Waals surface area contributed by atoms with Gasteiger partial charge in [-0.3, -0.25) is 4.98 Å². The molecule has 0 radical (unpaired) electrons. The van der Waals surface area contributed by atoms with E-state index in [1.54, 1.807) is 31.3 Å². The van der Waals surface area contributed by atoms with Gasteiger partial charge in [0.15, 0.2) is 0 Å². The summed E-state index contributed by atoms with van der Waals surface area (Å²) in [7, 11) is 0. The molecule has 3 N–H and O–H groups in total. The summed E-state index contributed by atoms with van der Waals surface area (Å²) in [5.41, 5.74) is 3.08. The molecule has 0 saturated heterocycles. The van der Waals surface area contributed by atoms with Crippen LogP contribution >= 0.6 is 57.4 Å². The van der Waals surface area contributed by atoms with Gasteiger partial charge in [0.1, 0.15) is 36.5 Å². The van der Waals surface area contributed by atoms with Crippen LogP contribution in [0.15, 0.2) is 67.0 Å². The van der Waals surface area contributed by atoms with Crippen molar-refractivity contribution in [3.8, 4) is 34.4 Å². The lowest BCUT2D eigenvalue weighted by Crippen LogP contribution is -2.48. The van der Waals surface area contributed by atoms with E-state index >= 15 is 0 Å². The number of aliphatic hydroxyl groups is 2. The van der Waals surface area contributed by atoms with Crippen molar-refractivity contribution >= 4 is 57.4 Å². The Hall–Kier alpha value is -2.82. The molecule has 4 rings (SSSR count). The van der Waals surface area contributed by atoms with Gasteiger partial charge < -0.3 is 29.7 Å². The third-order valence-corrected chi connectivity index (χ3v) is 8.98. The molecule has 1 heterocycles. The molecule has 3 aromatic carbocycles. The average molecular weight is 797 g/mol. The van der Waals surface area contributed by atoms with Gasteiger partial charge >= 0.3 is 0 Å². The van der Waals surface area contributed by atoms with E-state index in [2.05, 4.69) is 39.0 Å². The number of nitrogens with one attached hydrogen (secondary N) is 1. The molecule has 1 aromatic heterocycles. The highest BCUT2D eigenvalue weighted by molar-refractivity contribution is 14.1. The quantitative estimate of drug-likeness (QED) is 0.0599. The fraction of sp³-hybridized carbons (Fsp3) is 0.294. The number of ether oxygens (including phenoxy) is 3. The monoisotopic (exact) mass is 795 g/mol. The predicted molar refractivity (Wildman–Crippen MR) is 189 cm³/mol. The van der Waals surface area contributed by atoms with E-state index < -0.39 is 5.54 Å². The van der Waals surface area contributed by atoms with Crippen LogP contribution in [-0.4, -0.2) is 45.0 Å². The summed E-state index contributed by atoms with van der Waals surface area (Å²) in [4.78, 5) is 4.10. The Labute approximate surface area is 297 Å². The van der Waals surface area contributed by atoms with Crippen LogP contribution in [0.5, 0.6) is 17.2 Å². The van der Waals surface area contributed by atoms with Crippen LogP contribution in [0, 0.1) is 11.3 Å². The molecule has 0 aliphatic rings. The van der Waals surface area contributed by atoms with E-state index in [1.165, 1.54) is 6.20 Å². The number of aliphatic hydroxyl groups excluding tert-OH is 2. The average Bonchev–Trinajstić information content (AvgIpc) is 3.07. The summed E-state index contributed by atoms with van der Waals surface area (Å²) in [6, 6.07) is 18.4. The maximum atomic E-state index is 9.74. The van der Waals surface area contributed by atoms with E-state index in [0.717, 1.165) is 27.5 Å². The first kappa shape index (κ1) is 36.0. The second kappa shape index (κ2) is 17.4. The molecule has 0 aliphatic heterocycles. The van der Waals surface area contributed by atoms with Crippen molar-refractivity contribution in [3.63, 3.8) is 0 Å². The highest BCUT2D eigenvalue weighted by Gasteiger charge is 2.23. The largest absolute Gasteiger partial charge is 0.492 e. The second-order valence-electron chi connectivity index (χ2n) is 10.7. The van der Waals surface area contributed by atoms with E-state index in [4.69, 9.17) is 49.0 Å². The summed E-state index contributed by atoms with van der Waals surface area (Å²) in [5.74, 6) is 1.42. The molecule has 46 heavy (non-hydrogen) atoms. The number of halogens is 4. The Bertz CT molecular complexity index is 1680. The van der Waals surface area contributed by atoms with Gasteiger partial charge in [0.05, 0.1) is 46.0 Å². The number of rotatable bonds is 16. The van der Waals surface area contributed by atoms with Crippen molar-refractivity contribution in [2.45, 2.75) is 38.6 Å². The van der Waals surface area contributed by atoms with Gasteiger partial charge in [-0.2, -0.15) is 5.26 Å². The zero-order chi connectivity index (χ0) is 33.1. The fourth-order valence-corrected chi connectivity index (χ4v) is 5.46. The molecule has 0 bridgehead atoms. The first-order chi connectivity index (χ1) is 22.2. The van der Waals surface area contributed by atoms with Gasteiger partial charge in [-0.15, -0.1) is 0 Å². The van der Waals surface area contributed by atoms with Crippen LogP contribution < -0.4 is 19.5 Å². The minimum atomic E-state index is -0.921. The summed E-state index contributed by atoms with van der Waals surface area (Å²) >= 11 is 22.6. The van der Waals surface area contributed by atoms with Crippen LogP contribution in [0.4, 0.5) is 0 Å². The lowest BCUT2D eigenvalue weighted by molar-refractivity contribution is 0.103. The maximum absolute atomic E-state index is 9.74. The smallest absolute Gasteiger partial charge is 0.142 e. The topological polar surface area (TPSA) is 117 Å². The molecule has 8 nitrogen and oxygen atoms in total. The number of aromatic nitrogens is 1. The molecular formula is C34H33Cl3IN3O5. The van der Waals surface area contributed by atoms with Crippen molar-refractivity contribution in [2.24, 2.45) is 0 Å². The van der Waals surface area contributed by atoms with Gasteiger partial charge in [-0.25, -0.2) is 0 Å². The minimum absolute atomic E-state index is 0.105. The Balaban J connectivity index is 1.58. The number of hydrogen-bond donors (Lipinski definition) is 3. The molecule has 0 fully saturated rings. The highest BCUT2D eigenvalue weighted by Crippen LogP contribution is 2.40. The molecular weight excluding hydrogens is 764 g/mol. The van der Waals surface area contributed by atoms with Gasteiger partial charge in [0.2, 0.25) is 0 Å². The number of nitriles is 1. The first-order valence-electron chi connectivity index (χ1n) is 14.4. The Morgan fingerprint density at radius 3 is 2.30 bits per heavy atom. The lowest BCUT2D eigenvalue weighted by atomic mass is 10.0. The van der Waals surface area contributed by atoms with Crippen molar-refractivity contribution in [2.75, 3.05) is 24.2 Å². The molecule has 242 valence electrons. The van der Waals surface area contributed by atoms with Crippen molar-refractivity contribution in [1.29, 1.82) is 5.26 Å². The summed E-state index contributed by atoms with van der Waals surface area (Å²) in [6.07, 6.45) is 4.01. The molecule has 0 aliphatic carbocycles. The van der Waals surface area contributed by atoms with Crippen LogP contribution in [0.3, 0.4) is 0 Å². The number of benzene rings is 3. The van der Waals surface area contributed by atoms with Crippen LogP contribution in [-0.2, 0) is 19.8 Å². The number of pyridine rings is 1. The molecule has 0 unspecified atom stereocenters. The highest BCUT2D eigenvalue weighted by atomic mass is 127. The van der Waals surface area contributed by atoms with E-state index in [-0.39, 0.29) is 33.0 Å². The van der Waals surface area contributed by atoms with E-state index in [1.807, 2.05) is 36.4 Å². The number of nitrogens with zero attached hydrogens (tertiary/aromatic N) is 2. The summed E-state index contributed by atoms with van der Waals surface area (Å²) in [5, 5.41) is 33.2. The lowest BCUT2D eigenvalue weighted by Gasteiger charge is -2.27. The summed E-state index contributed by atoms with van der Waals surface area (Å²) < 4.78 is 19.2.